The van der Waals surface area contributed by atoms with Gasteiger partial charge in [0.2, 0.25) is 0 Å². The minimum atomic E-state index is -4.35. The van der Waals surface area contributed by atoms with Crippen molar-refractivity contribution >= 4 is 23.0 Å². The summed E-state index contributed by atoms with van der Waals surface area (Å²) in [6, 6.07) is 0. The third-order valence-electron chi connectivity index (χ3n) is 2.34. The van der Waals surface area contributed by atoms with Crippen molar-refractivity contribution < 1.29 is 22.6 Å². The Morgan fingerprint density at radius 2 is 2.18 bits per heavy atom. The van der Waals surface area contributed by atoms with Gasteiger partial charge in [-0.3, -0.25) is 0 Å². The molecule has 0 radical (unpaired) electrons. The van der Waals surface area contributed by atoms with Crippen molar-refractivity contribution in [3.8, 4) is 0 Å². The summed E-state index contributed by atoms with van der Waals surface area (Å²) in [6.45, 7) is 2.33. The van der Waals surface area contributed by atoms with Gasteiger partial charge in [-0.05, 0) is 25.6 Å². The molecule has 6 nitrogen and oxygen atoms in total. The smallest absolute Gasteiger partial charge is 0.382 e. The van der Waals surface area contributed by atoms with Gasteiger partial charge in [-0.2, -0.15) is 18.3 Å². The Hall–Kier alpha value is -1.39. The molecule has 0 unspecified atom stereocenters. The first kappa shape index (κ1) is 18.7. The van der Waals surface area contributed by atoms with Crippen molar-refractivity contribution in [2.75, 3.05) is 31.7 Å². The fourth-order valence-corrected chi connectivity index (χ4v) is 1.67. The minimum Gasteiger partial charge on any atom is -0.382 e. The van der Waals surface area contributed by atoms with E-state index in [0.29, 0.717) is 30.6 Å². The second-order valence-electron chi connectivity index (χ2n) is 4.29. The minimum absolute atomic E-state index is 0.282. The summed E-state index contributed by atoms with van der Waals surface area (Å²) in [5.41, 5.74) is 0.568. The molecule has 2 N–H and O–H groups in total. The van der Waals surface area contributed by atoms with Gasteiger partial charge in [0.05, 0.1) is 18.1 Å². The second-order valence-corrected chi connectivity index (χ2v) is 4.70. The predicted molar refractivity (Wildman–Crippen MR) is 79.6 cm³/mol. The van der Waals surface area contributed by atoms with E-state index in [1.54, 1.807) is 0 Å². The monoisotopic (exact) mass is 340 g/mol. The molecule has 0 spiro atoms. The normalized spacial score (nSPS) is 11.5. The average molecular weight is 340 g/mol. The van der Waals surface area contributed by atoms with Gasteiger partial charge < -0.3 is 20.1 Å². The van der Waals surface area contributed by atoms with Gasteiger partial charge in [0.15, 0.2) is 5.11 Å². The molecule has 126 valence electrons. The molecule has 1 aromatic heterocycles. The second kappa shape index (κ2) is 9.59. The van der Waals surface area contributed by atoms with Gasteiger partial charge in [0.1, 0.15) is 13.3 Å². The van der Waals surface area contributed by atoms with Crippen LogP contribution in [0.4, 0.5) is 18.9 Å². The maximum atomic E-state index is 11.9. The molecule has 0 bridgehead atoms. The van der Waals surface area contributed by atoms with Gasteiger partial charge in [-0.1, -0.05) is 0 Å². The van der Waals surface area contributed by atoms with Crippen LogP contribution in [0.5, 0.6) is 0 Å². The van der Waals surface area contributed by atoms with Crippen molar-refractivity contribution in [1.82, 2.24) is 15.1 Å². The van der Waals surface area contributed by atoms with E-state index in [9.17, 15) is 13.2 Å². The van der Waals surface area contributed by atoms with Crippen molar-refractivity contribution in [2.24, 2.45) is 0 Å². The molecule has 0 aliphatic carbocycles. The van der Waals surface area contributed by atoms with Crippen LogP contribution in [0.15, 0.2) is 12.4 Å². The molecule has 1 rings (SSSR count). The van der Waals surface area contributed by atoms with Gasteiger partial charge >= 0.3 is 6.18 Å². The van der Waals surface area contributed by atoms with Gasteiger partial charge in [-0.25, -0.2) is 4.68 Å². The van der Waals surface area contributed by atoms with E-state index in [-0.39, 0.29) is 6.73 Å². The summed E-state index contributed by atoms with van der Waals surface area (Å²) >= 11 is 5.08. The van der Waals surface area contributed by atoms with E-state index in [4.69, 9.17) is 17.0 Å². The zero-order valence-corrected chi connectivity index (χ0v) is 13.0. The van der Waals surface area contributed by atoms with Crippen molar-refractivity contribution in [3.63, 3.8) is 0 Å². The van der Waals surface area contributed by atoms with Crippen LogP contribution in [0.1, 0.15) is 13.3 Å². The lowest BCUT2D eigenvalue weighted by Crippen LogP contribution is -2.29. The van der Waals surface area contributed by atoms with Gasteiger partial charge in [0.25, 0.3) is 0 Å². The van der Waals surface area contributed by atoms with Crippen LogP contribution in [0.25, 0.3) is 0 Å². The number of ether oxygens (including phenoxy) is 2. The first-order valence-corrected chi connectivity index (χ1v) is 7.11. The number of anilines is 1. The predicted octanol–water partition coefficient (Wildman–Crippen LogP) is 2.13. The van der Waals surface area contributed by atoms with E-state index in [1.165, 1.54) is 17.1 Å². The number of nitrogens with one attached hydrogen (secondary N) is 2. The van der Waals surface area contributed by atoms with Crippen molar-refractivity contribution in [3.05, 3.63) is 12.4 Å². The Morgan fingerprint density at radius 1 is 1.41 bits per heavy atom. The van der Waals surface area contributed by atoms with E-state index in [0.717, 1.165) is 6.42 Å². The lowest BCUT2D eigenvalue weighted by molar-refractivity contribution is -0.182. The maximum absolute atomic E-state index is 11.9. The van der Waals surface area contributed by atoms with Crippen molar-refractivity contribution in [2.45, 2.75) is 26.3 Å². The summed E-state index contributed by atoms with van der Waals surface area (Å²) in [6.07, 6.45) is -0.572. The lowest BCUT2D eigenvalue weighted by Gasteiger charge is -2.09. The Balaban J connectivity index is 2.22. The summed E-state index contributed by atoms with van der Waals surface area (Å²) in [5.74, 6) is 0. The van der Waals surface area contributed by atoms with Crippen LogP contribution < -0.4 is 10.6 Å². The maximum Gasteiger partial charge on any atom is 0.411 e. The molecule has 22 heavy (non-hydrogen) atoms. The highest BCUT2D eigenvalue weighted by Gasteiger charge is 2.27. The zero-order chi connectivity index (χ0) is 16.4. The Kier molecular flexibility index (Phi) is 8.13. The summed E-state index contributed by atoms with van der Waals surface area (Å²) in [7, 11) is 0. The lowest BCUT2D eigenvalue weighted by atomic mass is 10.4. The Morgan fingerprint density at radius 3 is 2.86 bits per heavy atom. The number of thiocarbonyl (C=S) groups is 1. The van der Waals surface area contributed by atoms with Crippen LogP contribution in [-0.2, 0) is 16.2 Å². The Labute approximate surface area is 132 Å². The van der Waals surface area contributed by atoms with E-state index in [2.05, 4.69) is 20.5 Å². The highest BCUT2D eigenvalue weighted by molar-refractivity contribution is 7.80. The van der Waals surface area contributed by atoms with Gasteiger partial charge in [-0.15, -0.1) is 0 Å². The standard InChI is InChI=1S/C12H19F3N4O2S/c1-2-20-5-3-4-16-11(22)18-10-6-17-19(7-10)9-21-8-12(13,14)15/h6-7H,2-5,8-9H2,1H3,(H2,16,18,22). The molecule has 0 aliphatic rings. The number of rotatable bonds is 9. The largest absolute Gasteiger partial charge is 0.411 e. The molecule has 1 heterocycles. The van der Waals surface area contributed by atoms with E-state index in [1.807, 2.05) is 6.92 Å². The molecule has 0 atom stereocenters. The SMILES string of the molecule is CCOCCCNC(=S)Nc1cnn(COCC(F)(F)F)c1. The Bertz CT molecular complexity index is 454. The number of hydrogen-bond acceptors (Lipinski definition) is 4. The highest BCUT2D eigenvalue weighted by Crippen LogP contribution is 2.14. The molecular weight excluding hydrogens is 321 g/mol. The molecule has 0 saturated carbocycles. The molecular formula is C12H19F3N4O2S. The molecule has 0 amide bonds. The van der Waals surface area contributed by atoms with E-state index < -0.39 is 12.8 Å². The van der Waals surface area contributed by atoms with Crippen LogP contribution in [-0.4, -0.2) is 47.4 Å². The number of hydrogen-bond donors (Lipinski definition) is 2. The molecule has 1 aromatic rings. The highest BCUT2D eigenvalue weighted by atomic mass is 32.1. The van der Waals surface area contributed by atoms with E-state index >= 15 is 0 Å². The van der Waals surface area contributed by atoms with Crippen LogP contribution in [0.2, 0.25) is 0 Å². The number of aromatic nitrogens is 2. The zero-order valence-electron chi connectivity index (χ0n) is 12.2. The first-order valence-electron chi connectivity index (χ1n) is 6.70. The van der Waals surface area contributed by atoms with Gasteiger partial charge in [0, 0.05) is 19.8 Å². The van der Waals surface area contributed by atoms with Crippen LogP contribution >= 0.6 is 12.2 Å². The number of nitrogens with zero attached hydrogens (tertiary/aromatic N) is 2. The fourth-order valence-electron chi connectivity index (χ4n) is 1.45. The topological polar surface area (TPSA) is 60.3 Å². The fraction of sp³-hybridized carbons (Fsp3) is 0.667. The third kappa shape index (κ3) is 8.80. The number of halogens is 3. The summed E-state index contributed by atoms with van der Waals surface area (Å²) < 4.78 is 46.7. The van der Waals surface area contributed by atoms with Crippen LogP contribution in [0.3, 0.4) is 0 Å². The quantitative estimate of drug-likeness (QED) is 0.530. The molecule has 0 aromatic carbocycles. The average Bonchev–Trinajstić information content (AvgIpc) is 2.84. The molecule has 0 aliphatic heterocycles. The third-order valence-corrected chi connectivity index (χ3v) is 2.58. The summed E-state index contributed by atoms with van der Waals surface area (Å²) in [5, 5.41) is 10.1. The first-order chi connectivity index (χ1) is 10.4. The molecule has 0 saturated heterocycles. The van der Waals surface area contributed by atoms with Crippen LogP contribution in [0, 0.1) is 0 Å². The molecule has 10 heteroatoms. The van der Waals surface area contributed by atoms with Crippen molar-refractivity contribution in [1.29, 1.82) is 0 Å². The summed E-state index contributed by atoms with van der Waals surface area (Å²) in [4.78, 5) is 0. The molecule has 0 fully saturated rings. The number of alkyl halides is 3.